The zero-order chi connectivity index (χ0) is 18.7. The van der Waals surface area contributed by atoms with Crippen molar-refractivity contribution in [1.29, 1.82) is 0 Å². The molecule has 1 aliphatic carbocycles. The molecule has 140 valence electrons. The van der Waals surface area contributed by atoms with Gasteiger partial charge in [0.05, 0.1) is 19.9 Å². The molecule has 8 heteroatoms. The average Bonchev–Trinajstić information content (AvgIpc) is 3.18. The largest absolute Gasteiger partial charge is 0.497 e. The fourth-order valence-corrected chi connectivity index (χ4v) is 3.64. The number of benzene rings is 1. The monoisotopic (exact) mass is 359 g/mol. The molecule has 1 fully saturated rings. The first-order valence-corrected chi connectivity index (χ1v) is 8.77. The number of carbonyl (C=O) groups excluding carboxylic acids is 1. The SMILES string of the molecule is COC(=O)N(C)C1(c2nnnn2-c2ccc(OC)cc2)CCC(C)CC1. The summed E-state index contributed by atoms with van der Waals surface area (Å²) in [4.78, 5) is 14.0. The number of carbonyl (C=O) groups is 1. The van der Waals surface area contributed by atoms with Gasteiger partial charge in [-0.1, -0.05) is 6.92 Å². The van der Waals surface area contributed by atoms with E-state index >= 15 is 0 Å². The van der Waals surface area contributed by atoms with Crippen LogP contribution in [0, 0.1) is 5.92 Å². The Bertz CT molecular complexity index is 750. The minimum atomic E-state index is -0.594. The molecule has 0 bridgehead atoms. The number of nitrogens with zero attached hydrogens (tertiary/aromatic N) is 5. The smallest absolute Gasteiger partial charge is 0.410 e. The van der Waals surface area contributed by atoms with E-state index in [1.807, 2.05) is 24.3 Å². The molecular weight excluding hydrogens is 334 g/mol. The van der Waals surface area contributed by atoms with Crippen LogP contribution < -0.4 is 4.74 Å². The van der Waals surface area contributed by atoms with Gasteiger partial charge in [-0.25, -0.2) is 4.79 Å². The second kappa shape index (κ2) is 7.31. The lowest BCUT2D eigenvalue weighted by molar-refractivity contribution is 0.0383. The molecule has 1 saturated carbocycles. The summed E-state index contributed by atoms with van der Waals surface area (Å²) in [5.41, 5.74) is 0.227. The van der Waals surface area contributed by atoms with Gasteiger partial charge in [-0.3, -0.25) is 4.90 Å². The Labute approximate surface area is 153 Å². The van der Waals surface area contributed by atoms with Crippen LogP contribution in [0.5, 0.6) is 5.75 Å². The minimum Gasteiger partial charge on any atom is -0.497 e. The number of aromatic nitrogens is 4. The van der Waals surface area contributed by atoms with E-state index in [4.69, 9.17) is 9.47 Å². The average molecular weight is 359 g/mol. The van der Waals surface area contributed by atoms with Crippen LogP contribution in [-0.2, 0) is 10.3 Å². The number of rotatable bonds is 4. The van der Waals surface area contributed by atoms with Crippen molar-refractivity contribution in [1.82, 2.24) is 25.1 Å². The Morgan fingerprint density at radius 2 is 1.88 bits per heavy atom. The molecule has 1 heterocycles. The number of methoxy groups -OCH3 is 2. The standard InChI is InChI=1S/C18H25N5O3/c1-13-9-11-18(12-10-13,22(2)17(24)26-4)16-19-20-21-23(16)14-5-7-15(25-3)8-6-14/h5-8,13H,9-12H2,1-4H3. The van der Waals surface area contributed by atoms with E-state index in [9.17, 15) is 4.79 Å². The molecule has 26 heavy (non-hydrogen) atoms. The van der Waals surface area contributed by atoms with Crippen molar-refractivity contribution in [3.05, 3.63) is 30.1 Å². The van der Waals surface area contributed by atoms with Gasteiger partial charge in [-0.05, 0) is 66.3 Å². The van der Waals surface area contributed by atoms with Gasteiger partial charge in [-0.2, -0.15) is 4.68 Å². The highest BCUT2D eigenvalue weighted by molar-refractivity contribution is 5.68. The van der Waals surface area contributed by atoms with Gasteiger partial charge in [0.25, 0.3) is 0 Å². The van der Waals surface area contributed by atoms with Crippen molar-refractivity contribution >= 4 is 6.09 Å². The zero-order valence-corrected chi connectivity index (χ0v) is 15.7. The second-order valence-electron chi connectivity index (χ2n) is 6.86. The maximum Gasteiger partial charge on any atom is 0.410 e. The fourth-order valence-electron chi connectivity index (χ4n) is 3.64. The lowest BCUT2D eigenvalue weighted by Crippen LogP contribution is -2.50. The molecule has 1 aromatic heterocycles. The van der Waals surface area contributed by atoms with E-state index in [1.54, 1.807) is 23.7 Å². The normalized spacial score (nSPS) is 22.7. The summed E-state index contributed by atoms with van der Waals surface area (Å²) in [6, 6.07) is 7.52. The minimum absolute atomic E-state index is 0.385. The maximum absolute atomic E-state index is 12.3. The number of hydrogen-bond donors (Lipinski definition) is 0. The topological polar surface area (TPSA) is 82.4 Å². The van der Waals surface area contributed by atoms with Crippen molar-refractivity contribution in [3.63, 3.8) is 0 Å². The Morgan fingerprint density at radius 3 is 2.46 bits per heavy atom. The summed E-state index contributed by atoms with van der Waals surface area (Å²) in [6.45, 7) is 2.23. The highest BCUT2D eigenvalue weighted by Gasteiger charge is 2.46. The Morgan fingerprint density at radius 1 is 1.23 bits per heavy atom. The Balaban J connectivity index is 2.05. The molecule has 0 radical (unpaired) electrons. The van der Waals surface area contributed by atoms with E-state index < -0.39 is 5.54 Å². The molecule has 0 aliphatic heterocycles. The Kier molecular flexibility index (Phi) is 5.11. The van der Waals surface area contributed by atoms with Gasteiger partial charge in [0.2, 0.25) is 0 Å². The molecule has 1 amide bonds. The quantitative estimate of drug-likeness (QED) is 0.835. The molecule has 1 aliphatic rings. The maximum atomic E-state index is 12.3. The van der Waals surface area contributed by atoms with Crippen LogP contribution in [0.2, 0.25) is 0 Å². The molecule has 0 unspecified atom stereocenters. The van der Waals surface area contributed by atoms with Crippen LogP contribution in [0.1, 0.15) is 38.4 Å². The number of amides is 1. The third-order valence-corrected chi connectivity index (χ3v) is 5.39. The van der Waals surface area contributed by atoms with Gasteiger partial charge in [0.1, 0.15) is 11.3 Å². The van der Waals surface area contributed by atoms with Gasteiger partial charge < -0.3 is 9.47 Å². The van der Waals surface area contributed by atoms with Crippen LogP contribution in [0.15, 0.2) is 24.3 Å². The lowest BCUT2D eigenvalue weighted by Gasteiger charge is -2.43. The highest BCUT2D eigenvalue weighted by atomic mass is 16.5. The molecule has 8 nitrogen and oxygen atoms in total. The zero-order valence-electron chi connectivity index (χ0n) is 15.7. The van der Waals surface area contributed by atoms with E-state index in [-0.39, 0.29) is 6.09 Å². The van der Waals surface area contributed by atoms with Gasteiger partial charge in [-0.15, -0.1) is 5.10 Å². The van der Waals surface area contributed by atoms with Crippen LogP contribution in [0.4, 0.5) is 4.79 Å². The molecule has 2 aromatic rings. The van der Waals surface area contributed by atoms with Gasteiger partial charge in [0, 0.05) is 7.05 Å². The van der Waals surface area contributed by atoms with E-state index in [2.05, 4.69) is 22.4 Å². The van der Waals surface area contributed by atoms with Crippen molar-refractivity contribution in [3.8, 4) is 11.4 Å². The molecule has 1 aromatic carbocycles. The first-order chi connectivity index (χ1) is 12.5. The number of tetrazole rings is 1. The van der Waals surface area contributed by atoms with E-state index in [0.717, 1.165) is 37.1 Å². The predicted molar refractivity (Wildman–Crippen MR) is 95.2 cm³/mol. The van der Waals surface area contributed by atoms with Crippen LogP contribution >= 0.6 is 0 Å². The lowest BCUT2D eigenvalue weighted by atomic mass is 9.75. The first-order valence-electron chi connectivity index (χ1n) is 8.77. The van der Waals surface area contributed by atoms with Crippen LogP contribution in [0.3, 0.4) is 0 Å². The first kappa shape index (κ1) is 18.2. The van der Waals surface area contributed by atoms with Crippen LogP contribution in [-0.4, -0.2) is 52.5 Å². The summed E-state index contributed by atoms with van der Waals surface area (Å²) in [5.74, 6) is 2.03. The number of ether oxygens (including phenoxy) is 2. The molecule has 0 atom stereocenters. The van der Waals surface area contributed by atoms with Crippen molar-refractivity contribution < 1.29 is 14.3 Å². The summed E-state index contributed by atoms with van der Waals surface area (Å²) < 4.78 is 11.9. The Hall–Kier alpha value is -2.64. The van der Waals surface area contributed by atoms with Crippen molar-refractivity contribution in [2.24, 2.45) is 5.92 Å². The molecule has 0 spiro atoms. The molecule has 0 saturated heterocycles. The summed E-state index contributed by atoms with van der Waals surface area (Å²) in [5, 5.41) is 12.4. The van der Waals surface area contributed by atoms with Gasteiger partial charge >= 0.3 is 6.09 Å². The van der Waals surface area contributed by atoms with Crippen molar-refractivity contribution in [2.75, 3.05) is 21.3 Å². The highest BCUT2D eigenvalue weighted by Crippen LogP contribution is 2.43. The third kappa shape index (κ3) is 3.11. The van der Waals surface area contributed by atoms with E-state index in [1.165, 1.54) is 7.11 Å². The van der Waals surface area contributed by atoms with E-state index in [0.29, 0.717) is 11.7 Å². The molecular formula is C18H25N5O3. The summed E-state index contributed by atoms with van der Waals surface area (Å²) in [7, 11) is 4.78. The number of hydrogen-bond acceptors (Lipinski definition) is 6. The summed E-state index contributed by atoms with van der Waals surface area (Å²) in [6.07, 6.45) is 3.18. The third-order valence-electron chi connectivity index (χ3n) is 5.39. The molecule has 3 rings (SSSR count). The fraction of sp³-hybridized carbons (Fsp3) is 0.556. The van der Waals surface area contributed by atoms with Crippen LogP contribution in [0.25, 0.3) is 5.69 Å². The van der Waals surface area contributed by atoms with Crippen molar-refractivity contribution in [2.45, 2.75) is 38.1 Å². The molecule has 0 N–H and O–H groups in total. The van der Waals surface area contributed by atoms with Gasteiger partial charge in [0.15, 0.2) is 5.82 Å². The predicted octanol–water partition coefficient (Wildman–Crippen LogP) is 2.77. The summed E-state index contributed by atoms with van der Waals surface area (Å²) >= 11 is 0. The second-order valence-corrected chi connectivity index (χ2v) is 6.86.